The minimum absolute atomic E-state index is 0.449. The molecule has 0 radical (unpaired) electrons. The maximum Gasteiger partial charge on any atom is 0.115 e. The molecule has 0 saturated carbocycles. The van der Waals surface area contributed by atoms with Gasteiger partial charge in [0.1, 0.15) is 6.33 Å². The molecule has 1 unspecified atom stereocenters. The Bertz CT molecular complexity index is 414. The van der Waals surface area contributed by atoms with Crippen molar-refractivity contribution in [3.05, 3.63) is 54.4 Å². The smallest absolute Gasteiger partial charge is 0.115 e. The molecule has 0 spiro atoms. The largest absolute Gasteiger partial charge is 0.261 e. The number of rotatable bonds is 4. The van der Waals surface area contributed by atoms with Crippen molar-refractivity contribution in [2.45, 2.75) is 25.7 Å². The summed E-state index contributed by atoms with van der Waals surface area (Å²) in [7, 11) is 0. The Kier molecular flexibility index (Phi) is 3.59. The van der Waals surface area contributed by atoms with Crippen LogP contribution in [0.2, 0.25) is 0 Å². The average Bonchev–Trinajstić information content (AvgIpc) is 2.38. The summed E-state index contributed by atoms with van der Waals surface area (Å²) in [6, 6.07) is 8.00. The van der Waals surface area contributed by atoms with E-state index in [1.165, 1.54) is 0 Å². The number of pyridine rings is 1. The molecule has 16 heavy (non-hydrogen) atoms. The second-order valence-electron chi connectivity index (χ2n) is 3.90. The van der Waals surface area contributed by atoms with Gasteiger partial charge in [-0.1, -0.05) is 13.0 Å². The van der Waals surface area contributed by atoms with E-state index in [1.807, 2.05) is 24.4 Å². The Balaban J connectivity index is 1.92. The quantitative estimate of drug-likeness (QED) is 0.783. The van der Waals surface area contributed by atoms with E-state index in [4.69, 9.17) is 0 Å². The van der Waals surface area contributed by atoms with E-state index in [0.29, 0.717) is 5.92 Å². The molecule has 2 rings (SSSR count). The molecule has 2 aromatic rings. The van der Waals surface area contributed by atoms with Crippen molar-refractivity contribution in [1.29, 1.82) is 0 Å². The summed E-state index contributed by atoms with van der Waals surface area (Å²) < 4.78 is 0. The van der Waals surface area contributed by atoms with Crippen LogP contribution in [0.4, 0.5) is 0 Å². The van der Waals surface area contributed by atoms with Crippen LogP contribution >= 0.6 is 0 Å². The van der Waals surface area contributed by atoms with Gasteiger partial charge in [-0.15, -0.1) is 0 Å². The molecule has 0 aliphatic carbocycles. The third-order valence-corrected chi connectivity index (χ3v) is 2.67. The van der Waals surface area contributed by atoms with Crippen LogP contribution in [0.3, 0.4) is 0 Å². The van der Waals surface area contributed by atoms with E-state index in [-0.39, 0.29) is 0 Å². The van der Waals surface area contributed by atoms with Gasteiger partial charge in [0.15, 0.2) is 0 Å². The first-order chi connectivity index (χ1) is 7.86. The standard InChI is InChI=1S/C13H15N3/c1-11(13-7-9-14-10-16-13)5-6-12-4-2-3-8-15-12/h2-4,7-11H,5-6H2,1H3. The number of hydrogen-bond donors (Lipinski definition) is 0. The van der Waals surface area contributed by atoms with Gasteiger partial charge in [0, 0.05) is 23.8 Å². The lowest BCUT2D eigenvalue weighted by Crippen LogP contribution is -2.00. The zero-order chi connectivity index (χ0) is 11.2. The van der Waals surface area contributed by atoms with Crippen molar-refractivity contribution < 1.29 is 0 Å². The molecule has 2 aromatic heterocycles. The predicted molar refractivity (Wildman–Crippen MR) is 63.0 cm³/mol. The van der Waals surface area contributed by atoms with Crippen LogP contribution in [0, 0.1) is 0 Å². The molecule has 82 valence electrons. The molecule has 3 heteroatoms. The van der Waals surface area contributed by atoms with E-state index in [2.05, 4.69) is 27.9 Å². The first kappa shape index (κ1) is 10.7. The number of hydrogen-bond acceptors (Lipinski definition) is 3. The molecule has 0 N–H and O–H groups in total. The van der Waals surface area contributed by atoms with Crippen LogP contribution in [-0.4, -0.2) is 15.0 Å². The highest BCUT2D eigenvalue weighted by atomic mass is 14.8. The van der Waals surface area contributed by atoms with Gasteiger partial charge in [-0.2, -0.15) is 0 Å². The minimum Gasteiger partial charge on any atom is -0.261 e. The molecule has 0 bridgehead atoms. The third kappa shape index (κ3) is 2.86. The predicted octanol–water partition coefficient (Wildman–Crippen LogP) is 2.61. The SMILES string of the molecule is CC(CCc1ccccn1)c1ccncn1. The summed E-state index contributed by atoms with van der Waals surface area (Å²) in [5.74, 6) is 0.449. The number of nitrogens with zero attached hydrogens (tertiary/aromatic N) is 3. The highest BCUT2D eigenvalue weighted by molar-refractivity contribution is 5.07. The maximum absolute atomic E-state index is 4.31. The lowest BCUT2D eigenvalue weighted by atomic mass is 10.0. The zero-order valence-corrected chi connectivity index (χ0v) is 9.37. The third-order valence-electron chi connectivity index (χ3n) is 2.67. The van der Waals surface area contributed by atoms with Gasteiger partial charge in [0.25, 0.3) is 0 Å². The first-order valence-corrected chi connectivity index (χ1v) is 5.52. The molecule has 1 atom stereocenters. The van der Waals surface area contributed by atoms with Crippen molar-refractivity contribution >= 4 is 0 Å². The number of aryl methyl sites for hydroxylation is 1. The van der Waals surface area contributed by atoms with Crippen LogP contribution in [-0.2, 0) is 6.42 Å². The first-order valence-electron chi connectivity index (χ1n) is 5.52. The van der Waals surface area contributed by atoms with Gasteiger partial charge in [-0.05, 0) is 37.0 Å². The van der Waals surface area contributed by atoms with Gasteiger partial charge in [0.05, 0.1) is 0 Å². The van der Waals surface area contributed by atoms with Crippen LogP contribution in [0.5, 0.6) is 0 Å². The van der Waals surface area contributed by atoms with Crippen LogP contribution in [0.1, 0.15) is 30.7 Å². The van der Waals surface area contributed by atoms with E-state index in [1.54, 1.807) is 12.5 Å². The van der Waals surface area contributed by atoms with Crippen molar-refractivity contribution in [3.63, 3.8) is 0 Å². The van der Waals surface area contributed by atoms with Gasteiger partial charge in [-0.3, -0.25) is 4.98 Å². The van der Waals surface area contributed by atoms with Crippen molar-refractivity contribution in [1.82, 2.24) is 15.0 Å². The fourth-order valence-corrected chi connectivity index (χ4v) is 1.65. The second kappa shape index (κ2) is 5.35. The molecule has 0 amide bonds. The molecule has 0 aliphatic heterocycles. The highest BCUT2D eigenvalue weighted by Crippen LogP contribution is 2.17. The Labute approximate surface area is 95.6 Å². The summed E-state index contributed by atoms with van der Waals surface area (Å²) in [5.41, 5.74) is 2.24. The van der Waals surface area contributed by atoms with Crippen molar-refractivity contribution in [2.24, 2.45) is 0 Å². The topological polar surface area (TPSA) is 38.7 Å². The van der Waals surface area contributed by atoms with E-state index in [0.717, 1.165) is 24.2 Å². The average molecular weight is 213 g/mol. The van der Waals surface area contributed by atoms with Crippen molar-refractivity contribution in [3.8, 4) is 0 Å². The molecule has 0 aliphatic rings. The zero-order valence-electron chi connectivity index (χ0n) is 9.37. The summed E-state index contributed by atoms with van der Waals surface area (Å²) in [6.45, 7) is 2.19. The molecule has 0 saturated heterocycles. The second-order valence-corrected chi connectivity index (χ2v) is 3.90. The Hall–Kier alpha value is -1.77. The monoisotopic (exact) mass is 213 g/mol. The van der Waals surface area contributed by atoms with Crippen molar-refractivity contribution in [2.75, 3.05) is 0 Å². The van der Waals surface area contributed by atoms with Gasteiger partial charge < -0.3 is 0 Å². The van der Waals surface area contributed by atoms with Gasteiger partial charge in [0.2, 0.25) is 0 Å². The molecule has 0 aromatic carbocycles. The molecule has 0 fully saturated rings. The fourth-order valence-electron chi connectivity index (χ4n) is 1.65. The van der Waals surface area contributed by atoms with Gasteiger partial charge in [-0.25, -0.2) is 9.97 Å². The lowest BCUT2D eigenvalue weighted by molar-refractivity contribution is 0.650. The molecule has 3 nitrogen and oxygen atoms in total. The summed E-state index contributed by atoms with van der Waals surface area (Å²) in [6.07, 6.45) is 7.29. The summed E-state index contributed by atoms with van der Waals surface area (Å²) >= 11 is 0. The van der Waals surface area contributed by atoms with Crippen LogP contribution < -0.4 is 0 Å². The summed E-state index contributed by atoms with van der Waals surface area (Å²) in [4.78, 5) is 12.5. The lowest BCUT2D eigenvalue weighted by Gasteiger charge is -2.09. The van der Waals surface area contributed by atoms with Crippen LogP contribution in [0.15, 0.2) is 43.0 Å². The maximum atomic E-state index is 4.31. The summed E-state index contributed by atoms with van der Waals surface area (Å²) in [5, 5.41) is 0. The number of aromatic nitrogens is 3. The molecule has 2 heterocycles. The van der Waals surface area contributed by atoms with E-state index < -0.39 is 0 Å². The Morgan fingerprint density at radius 3 is 2.75 bits per heavy atom. The minimum atomic E-state index is 0.449. The molecular formula is C13H15N3. The van der Waals surface area contributed by atoms with Crippen LogP contribution in [0.25, 0.3) is 0 Å². The fraction of sp³-hybridized carbons (Fsp3) is 0.308. The Morgan fingerprint density at radius 1 is 1.12 bits per heavy atom. The Morgan fingerprint density at radius 2 is 2.06 bits per heavy atom. The van der Waals surface area contributed by atoms with Gasteiger partial charge >= 0.3 is 0 Å². The van der Waals surface area contributed by atoms with E-state index >= 15 is 0 Å². The highest BCUT2D eigenvalue weighted by Gasteiger charge is 2.06. The van der Waals surface area contributed by atoms with E-state index in [9.17, 15) is 0 Å². The molecular weight excluding hydrogens is 198 g/mol. The normalized spacial score (nSPS) is 12.3.